The van der Waals surface area contributed by atoms with Crippen LogP contribution in [0.1, 0.15) is 27.7 Å². The van der Waals surface area contributed by atoms with Gasteiger partial charge in [0.25, 0.3) is 0 Å². The molecule has 0 aliphatic rings. The van der Waals surface area contributed by atoms with Crippen molar-refractivity contribution in [2.24, 2.45) is 0 Å². The Kier molecular flexibility index (Phi) is 4.95. The van der Waals surface area contributed by atoms with Crippen LogP contribution in [-0.2, 0) is 5.41 Å². The van der Waals surface area contributed by atoms with Crippen LogP contribution < -0.4 is 0 Å². The summed E-state index contributed by atoms with van der Waals surface area (Å²) in [7, 11) is 0. The van der Waals surface area contributed by atoms with Gasteiger partial charge < -0.3 is 4.42 Å². The van der Waals surface area contributed by atoms with Crippen molar-refractivity contribution in [2.75, 3.05) is 0 Å². The Labute approximate surface area is 211 Å². The molecule has 0 amide bonds. The van der Waals surface area contributed by atoms with E-state index < -0.39 is 0 Å². The molecule has 176 valence electrons. The Morgan fingerprint density at radius 2 is 1.47 bits per heavy atom. The maximum atomic E-state index is 15.3. The standard InChI is InChI=1S/C33H26FNO/c1-33(2,3)24-18-19-35-29(20-24)27-11-7-10-25-26-16-17-28(34)30(32(26)36-31(25)27)23-14-12-22(13-15-23)21-8-5-4-6-9-21/h4-20H,1-3H3/i10D. The molecule has 0 atom stereocenters. The predicted octanol–water partition coefficient (Wildman–Crippen LogP) is 9.42. The average Bonchev–Trinajstić information content (AvgIpc) is 3.29. The van der Waals surface area contributed by atoms with Gasteiger partial charge in [-0.25, -0.2) is 4.39 Å². The summed E-state index contributed by atoms with van der Waals surface area (Å²) in [6.45, 7) is 6.48. The molecule has 6 aromatic rings. The third kappa shape index (κ3) is 3.77. The molecule has 4 aromatic carbocycles. The Balaban J connectivity index is 1.56. The number of pyridine rings is 1. The highest BCUT2D eigenvalue weighted by molar-refractivity contribution is 6.12. The zero-order valence-corrected chi connectivity index (χ0v) is 20.5. The van der Waals surface area contributed by atoms with Crippen LogP contribution in [0.15, 0.2) is 108 Å². The van der Waals surface area contributed by atoms with E-state index in [1.54, 1.807) is 18.3 Å². The second-order valence-corrected chi connectivity index (χ2v) is 10.1. The lowest BCUT2D eigenvalue weighted by Gasteiger charge is -2.19. The number of halogens is 1. The highest BCUT2D eigenvalue weighted by atomic mass is 19.1. The van der Waals surface area contributed by atoms with Crippen LogP contribution in [0, 0.1) is 5.82 Å². The predicted molar refractivity (Wildman–Crippen MR) is 146 cm³/mol. The van der Waals surface area contributed by atoms with Gasteiger partial charge in [-0.2, -0.15) is 0 Å². The van der Waals surface area contributed by atoms with Gasteiger partial charge in [0.15, 0.2) is 0 Å². The zero-order chi connectivity index (χ0) is 25.7. The van der Waals surface area contributed by atoms with E-state index >= 15 is 4.39 Å². The Morgan fingerprint density at radius 1 is 0.750 bits per heavy atom. The molecular formula is C33H26FNO. The molecule has 2 aromatic heterocycles. The Morgan fingerprint density at radius 3 is 2.22 bits per heavy atom. The Bertz CT molecular complexity index is 1760. The molecule has 2 heterocycles. The van der Waals surface area contributed by atoms with Crippen molar-refractivity contribution in [1.82, 2.24) is 4.98 Å². The summed E-state index contributed by atoms with van der Waals surface area (Å²) in [4.78, 5) is 4.61. The summed E-state index contributed by atoms with van der Waals surface area (Å²) in [5.41, 5.74) is 6.95. The molecule has 36 heavy (non-hydrogen) atoms. The highest BCUT2D eigenvalue weighted by Gasteiger charge is 2.20. The van der Waals surface area contributed by atoms with Crippen molar-refractivity contribution in [3.63, 3.8) is 0 Å². The van der Waals surface area contributed by atoms with Gasteiger partial charge >= 0.3 is 0 Å². The van der Waals surface area contributed by atoms with E-state index in [-0.39, 0.29) is 11.2 Å². The van der Waals surface area contributed by atoms with Crippen molar-refractivity contribution < 1.29 is 10.2 Å². The van der Waals surface area contributed by atoms with Gasteiger partial charge in [0.1, 0.15) is 17.0 Å². The number of aromatic nitrogens is 1. The van der Waals surface area contributed by atoms with E-state index in [0.29, 0.717) is 28.2 Å². The van der Waals surface area contributed by atoms with Crippen molar-refractivity contribution in [3.05, 3.63) is 115 Å². The highest BCUT2D eigenvalue weighted by Crippen LogP contribution is 2.41. The lowest BCUT2D eigenvalue weighted by molar-refractivity contribution is 0.589. The maximum Gasteiger partial charge on any atom is 0.146 e. The lowest BCUT2D eigenvalue weighted by atomic mass is 9.87. The van der Waals surface area contributed by atoms with Crippen LogP contribution in [0.4, 0.5) is 4.39 Å². The normalized spacial score (nSPS) is 12.3. The molecule has 0 radical (unpaired) electrons. The first-order chi connectivity index (χ1) is 17.8. The number of rotatable bonds is 3. The van der Waals surface area contributed by atoms with Crippen LogP contribution in [0.5, 0.6) is 0 Å². The molecule has 0 bridgehead atoms. The largest absolute Gasteiger partial charge is 0.455 e. The lowest BCUT2D eigenvalue weighted by Crippen LogP contribution is -2.11. The second kappa shape index (κ2) is 8.46. The van der Waals surface area contributed by atoms with Crippen molar-refractivity contribution in [3.8, 4) is 33.5 Å². The third-order valence-electron chi connectivity index (χ3n) is 6.71. The molecule has 3 heteroatoms. The molecule has 2 nitrogen and oxygen atoms in total. The summed E-state index contributed by atoms with van der Waals surface area (Å²) < 4.78 is 30.4. The number of benzene rings is 4. The number of nitrogens with zero attached hydrogens (tertiary/aromatic N) is 1. The molecule has 0 unspecified atom stereocenters. The monoisotopic (exact) mass is 472 g/mol. The fourth-order valence-corrected chi connectivity index (χ4v) is 4.73. The number of hydrogen-bond acceptors (Lipinski definition) is 2. The second-order valence-electron chi connectivity index (χ2n) is 10.1. The summed E-state index contributed by atoms with van der Waals surface area (Å²) in [5.74, 6) is -0.361. The summed E-state index contributed by atoms with van der Waals surface area (Å²) in [6, 6.07) is 29.1. The van der Waals surface area contributed by atoms with Crippen molar-refractivity contribution >= 4 is 21.9 Å². The number of fused-ring (bicyclic) bond motifs is 3. The summed E-state index contributed by atoms with van der Waals surface area (Å²) in [5, 5.41) is 1.38. The van der Waals surface area contributed by atoms with Gasteiger partial charge in [-0.15, -0.1) is 0 Å². The first-order valence-corrected chi connectivity index (χ1v) is 12.1. The van der Waals surface area contributed by atoms with Gasteiger partial charge in [0.05, 0.1) is 12.6 Å². The van der Waals surface area contributed by atoms with Crippen LogP contribution in [-0.4, -0.2) is 4.98 Å². The molecule has 0 N–H and O–H groups in total. The molecule has 0 fully saturated rings. The first kappa shape index (κ1) is 21.1. The van der Waals surface area contributed by atoms with Crippen molar-refractivity contribution in [1.29, 1.82) is 0 Å². The van der Waals surface area contributed by atoms with Crippen LogP contribution >= 0.6 is 0 Å². The third-order valence-corrected chi connectivity index (χ3v) is 6.71. The maximum absolute atomic E-state index is 15.3. The van der Waals surface area contributed by atoms with Gasteiger partial charge in [-0.05, 0) is 58.0 Å². The van der Waals surface area contributed by atoms with Crippen LogP contribution in [0.3, 0.4) is 0 Å². The van der Waals surface area contributed by atoms with E-state index in [1.807, 2.05) is 54.6 Å². The number of furan rings is 1. The minimum Gasteiger partial charge on any atom is -0.455 e. The summed E-state index contributed by atoms with van der Waals surface area (Å²) in [6.07, 6.45) is 1.80. The number of para-hydroxylation sites is 1. The SMILES string of the molecule is [2H]c1ccc(-c2cc(C(C)(C)C)ccn2)c2oc3c(-c4ccc(-c5ccccc5)cc4)c(F)ccc3c12. The average molecular weight is 473 g/mol. The zero-order valence-electron chi connectivity index (χ0n) is 21.5. The molecule has 0 spiro atoms. The van der Waals surface area contributed by atoms with E-state index in [1.165, 1.54) is 6.07 Å². The molecule has 0 saturated carbocycles. The quantitative estimate of drug-likeness (QED) is 0.256. The minimum atomic E-state index is -0.361. The molecule has 6 rings (SSSR count). The molecule has 0 saturated heterocycles. The van der Waals surface area contributed by atoms with E-state index in [0.717, 1.165) is 38.9 Å². The minimum absolute atomic E-state index is 0.0394. The fourth-order valence-electron chi connectivity index (χ4n) is 4.73. The van der Waals surface area contributed by atoms with Gasteiger partial charge in [0.2, 0.25) is 0 Å². The van der Waals surface area contributed by atoms with Gasteiger partial charge in [0, 0.05) is 22.5 Å². The smallest absolute Gasteiger partial charge is 0.146 e. The van der Waals surface area contributed by atoms with Gasteiger partial charge in [-0.1, -0.05) is 87.5 Å². The van der Waals surface area contributed by atoms with Crippen LogP contribution in [0.2, 0.25) is 0 Å². The molecule has 0 aliphatic carbocycles. The topological polar surface area (TPSA) is 26.0 Å². The number of hydrogen-bond donors (Lipinski definition) is 0. The molecule has 0 aliphatic heterocycles. The van der Waals surface area contributed by atoms with Crippen molar-refractivity contribution in [2.45, 2.75) is 26.2 Å². The van der Waals surface area contributed by atoms with E-state index in [4.69, 9.17) is 5.79 Å². The van der Waals surface area contributed by atoms with E-state index in [2.05, 4.69) is 44.0 Å². The first-order valence-electron chi connectivity index (χ1n) is 12.6. The van der Waals surface area contributed by atoms with Gasteiger partial charge in [-0.3, -0.25) is 4.98 Å². The summed E-state index contributed by atoms with van der Waals surface area (Å²) >= 11 is 0. The van der Waals surface area contributed by atoms with E-state index in [9.17, 15) is 0 Å². The fraction of sp³-hybridized carbons (Fsp3) is 0.121. The Hall–Kier alpha value is -4.24. The van der Waals surface area contributed by atoms with Crippen LogP contribution in [0.25, 0.3) is 55.4 Å². The molecular weight excluding hydrogens is 445 g/mol.